The van der Waals surface area contributed by atoms with Gasteiger partial charge in [0.2, 0.25) is 0 Å². The smallest absolute Gasteiger partial charge is 0.322 e. The third-order valence-electron chi connectivity index (χ3n) is 3.99. The number of halogens is 3. The van der Waals surface area contributed by atoms with Crippen LogP contribution in [0.1, 0.15) is 10.4 Å². The molecule has 0 fully saturated rings. The van der Waals surface area contributed by atoms with Crippen molar-refractivity contribution in [1.29, 1.82) is 0 Å². The topological polar surface area (TPSA) is 109 Å². The molecule has 0 aromatic heterocycles. The van der Waals surface area contributed by atoms with E-state index in [-0.39, 0.29) is 26.9 Å². The Bertz CT molecular complexity index is 1350. The van der Waals surface area contributed by atoms with E-state index in [0.29, 0.717) is 5.02 Å². The first-order valence-electron chi connectivity index (χ1n) is 8.40. The van der Waals surface area contributed by atoms with Crippen LogP contribution in [0.4, 0.5) is 15.3 Å². The van der Waals surface area contributed by atoms with E-state index >= 15 is 0 Å². The summed E-state index contributed by atoms with van der Waals surface area (Å²) in [5.74, 6) is -0.729. The Hall–Kier alpha value is -2.66. The van der Waals surface area contributed by atoms with Gasteiger partial charge in [0.25, 0.3) is 15.9 Å². The van der Waals surface area contributed by atoms with Crippen molar-refractivity contribution < 1.29 is 25.5 Å². The van der Waals surface area contributed by atoms with Crippen molar-refractivity contribution >= 4 is 60.7 Å². The molecule has 0 atom stereocenters. The van der Waals surface area contributed by atoms with Crippen LogP contribution in [0.3, 0.4) is 0 Å². The van der Waals surface area contributed by atoms with Gasteiger partial charge in [0.1, 0.15) is 0 Å². The van der Waals surface area contributed by atoms with E-state index in [1.807, 2.05) is 0 Å². The minimum atomic E-state index is -4.88. The van der Waals surface area contributed by atoms with Crippen molar-refractivity contribution in [2.45, 2.75) is 9.79 Å². The molecule has 0 bridgehead atoms. The number of benzene rings is 3. The molecule has 0 aliphatic rings. The fourth-order valence-electron chi connectivity index (χ4n) is 2.51. The van der Waals surface area contributed by atoms with Crippen LogP contribution in [-0.2, 0) is 20.2 Å². The highest BCUT2D eigenvalue weighted by Crippen LogP contribution is 2.26. The Morgan fingerprint density at radius 3 is 1.90 bits per heavy atom. The van der Waals surface area contributed by atoms with Crippen LogP contribution in [-0.4, -0.2) is 22.7 Å². The summed E-state index contributed by atoms with van der Waals surface area (Å²) < 4.78 is 62.4. The summed E-state index contributed by atoms with van der Waals surface area (Å²) in [5, 5.41) is 3.01. The molecule has 3 rings (SSSR count). The zero-order valence-corrected chi connectivity index (χ0v) is 18.5. The Morgan fingerprint density at radius 2 is 1.32 bits per heavy atom. The van der Waals surface area contributed by atoms with Crippen LogP contribution in [0.25, 0.3) is 0 Å². The highest BCUT2D eigenvalue weighted by atomic mass is 35.5. The lowest BCUT2D eigenvalue weighted by molar-refractivity contribution is 0.102. The summed E-state index contributed by atoms with van der Waals surface area (Å²) in [6, 6.07) is 13.7. The second-order valence-corrected chi connectivity index (χ2v) is 10.1. The number of anilines is 2. The molecule has 7 nitrogen and oxygen atoms in total. The van der Waals surface area contributed by atoms with Gasteiger partial charge in [0.05, 0.1) is 21.0 Å². The molecule has 1 amide bonds. The van der Waals surface area contributed by atoms with Crippen LogP contribution < -0.4 is 10.0 Å². The lowest BCUT2D eigenvalue weighted by Gasteiger charge is -2.13. The first-order chi connectivity index (χ1) is 14.5. The molecule has 2 N–H and O–H groups in total. The van der Waals surface area contributed by atoms with Crippen molar-refractivity contribution in [3.63, 3.8) is 0 Å². The largest absolute Gasteiger partial charge is 0.332 e. The van der Waals surface area contributed by atoms with Gasteiger partial charge in [-0.25, -0.2) is 8.42 Å². The third kappa shape index (κ3) is 5.73. The van der Waals surface area contributed by atoms with E-state index in [1.54, 1.807) is 0 Å². The van der Waals surface area contributed by atoms with Crippen LogP contribution >= 0.6 is 23.2 Å². The summed E-state index contributed by atoms with van der Waals surface area (Å²) in [4.78, 5) is 12.1. The molecule has 31 heavy (non-hydrogen) atoms. The van der Waals surface area contributed by atoms with E-state index in [9.17, 15) is 25.5 Å². The number of hydrogen-bond donors (Lipinski definition) is 2. The van der Waals surface area contributed by atoms with E-state index in [2.05, 4.69) is 10.0 Å². The Morgan fingerprint density at radius 1 is 0.774 bits per heavy atom. The van der Waals surface area contributed by atoms with E-state index in [1.165, 1.54) is 54.6 Å². The first-order valence-corrected chi connectivity index (χ1v) is 12.0. The first kappa shape index (κ1) is 23.0. The number of rotatable bonds is 6. The lowest BCUT2D eigenvalue weighted by atomic mass is 10.1. The summed E-state index contributed by atoms with van der Waals surface area (Å²) >= 11 is 11.7. The Labute approximate surface area is 188 Å². The average Bonchev–Trinajstić information content (AvgIpc) is 2.69. The molecule has 0 unspecified atom stereocenters. The Balaban J connectivity index is 1.89. The predicted octanol–water partition coefficient (Wildman–Crippen LogP) is 4.70. The van der Waals surface area contributed by atoms with Gasteiger partial charge in [0.15, 0.2) is 0 Å². The molecular formula is C19H13Cl2FN2O5S2. The molecule has 0 saturated carbocycles. The second-order valence-electron chi connectivity index (χ2n) is 6.17. The molecule has 0 heterocycles. The molecule has 0 aliphatic heterocycles. The van der Waals surface area contributed by atoms with Crippen LogP contribution in [0.2, 0.25) is 10.0 Å². The number of carbonyl (C=O) groups is 1. The number of amides is 1. The summed E-state index contributed by atoms with van der Waals surface area (Å²) in [7, 11) is -8.91. The van der Waals surface area contributed by atoms with Crippen molar-refractivity contribution in [3.8, 4) is 0 Å². The molecule has 0 saturated heterocycles. The normalized spacial score (nSPS) is 11.7. The maximum Gasteiger partial charge on any atom is 0.332 e. The number of carbonyl (C=O) groups excluding carboxylic acids is 1. The van der Waals surface area contributed by atoms with E-state index in [0.717, 1.165) is 12.1 Å². The van der Waals surface area contributed by atoms with Crippen molar-refractivity contribution in [3.05, 3.63) is 82.3 Å². The van der Waals surface area contributed by atoms with Crippen molar-refractivity contribution in [2.24, 2.45) is 0 Å². The summed E-state index contributed by atoms with van der Waals surface area (Å²) in [6.45, 7) is 0. The van der Waals surface area contributed by atoms with Gasteiger partial charge < -0.3 is 5.32 Å². The fourth-order valence-corrected chi connectivity index (χ4v) is 4.35. The van der Waals surface area contributed by atoms with Crippen LogP contribution in [0.15, 0.2) is 76.5 Å². The monoisotopic (exact) mass is 502 g/mol. The minimum absolute atomic E-state index is 0.0418. The van der Waals surface area contributed by atoms with Gasteiger partial charge in [-0.05, 0) is 66.7 Å². The maximum absolute atomic E-state index is 13.0. The molecule has 12 heteroatoms. The maximum atomic E-state index is 13.0. The quantitative estimate of drug-likeness (QED) is 0.474. The molecular weight excluding hydrogens is 490 g/mol. The molecule has 3 aromatic rings. The lowest BCUT2D eigenvalue weighted by Crippen LogP contribution is -2.18. The summed E-state index contributed by atoms with van der Waals surface area (Å²) in [5.41, 5.74) is 0.0240. The van der Waals surface area contributed by atoms with E-state index in [4.69, 9.17) is 23.2 Å². The molecule has 0 radical (unpaired) electrons. The molecule has 162 valence electrons. The number of hydrogen-bond acceptors (Lipinski definition) is 5. The van der Waals surface area contributed by atoms with Gasteiger partial charge >= 0.3 is 10.2 Å². The summed E-state index contributed by atoms with van der Waals surface area (Å²) in [6.07, 6.45) is 0. The highest BCUT2D eigenvalue weighted by molar-refractivity contribution is 7.92. The van der Waals surface area contributed by atoms with Crippen molar-refractivity contribution in [2.75, 3.05) is 10.0 Å². The SMILES string of the molecule is O=C(Nc1ccc(S(=O)(=O)F)cc1)c1cc(Cl)ccc1NS(=O)(=O)c1ccc(Cl)cc1. The number of nitrogens with one attached hydrogen (secondary N) is 2. The van der Waals surface area contributed by atoms with Gasteiger partial charge in [-0.1, -0.05) is 23.2 Å². The minimum Gasteiger partial charge on any atom is -0.322 e. The highest BCUT2D eigenvalue weighted by Gasteiger charge is 2.20. The zero-order valence-electron chi connectivity index (χ0n) is 15.3. The van der Waals surface area contributed by atoms with Crippen LogP contribution in [0, 0.1) is 0 Å². The average molecular weight is 503 g/mol. The standard InChI is InChI=1S/C19H13Cl2FN2O5S2/c20-12-1-6-16(7-2-12)31(28,29)24-18-10-3-13(21)11-17(18)19(25)23-14-4-8-15(9-5-14)30(22,26)27/h1-11,24H,(H,23,25). The Kier molecular flexibility index (Phi) is 6.56. The van der Waals surface area contributed by atoms with Gasteiger partial charge in [-0.15, -0.1) is 3.89 Å². The van der Waals surface area contributed by atoms with Gasteiger partial charge in [0, 0.05) is 15.7 Å². The van der Waals surface area contributed by atoms with Crippen LogP contribution in [0.5, 0.6) is 0 Å². The van der Waals surface area contributed by atoms with E-state index < -0.39 is 31.0 Å². The van der Waals surface area contributed by atoms with Gasteiger partial charge in [-0.3, -0.25) is 9.52 Å². The second kappa shape index (κ2) is 8.83. The molecule has 0 spiro atoms. The molecule has 3 aromatic carbocycles. The van der Waals surface area contributed by atoms with Crippen molar-refractivity contribution in [1.82, 2.24) is 0 Å². The molecule has 0 aliphatic carbocycles. The van der Waals surface area contributed by atoms with Gasteiger partial charge in [-0.2, -0.15) is 8.42 Å². The fraction of sp³-hybridized carbons (Fsp3) is 0. The third-order valence-corrected chi connectivity index (χ3v) is 6.69. The number of sulfonamides is 1. The zero-order chi connectivity index (χ0) is 22.8. The predicted molar refractivity (Wildman–Crippen MR) is 116 cm³/mol.